The summed E-state index contributed by atoms with van der Waals surface area (Å²) in [7, 11) is -2.13. The molecule has 172 valence electrons. The first-order chi connectivity index (χ1) is 15.2. The predicted molar refractivity (Wildman–Crippen MR) is 122 cm³/mol. The first kappa shape index (κ1) is 22.8. The van der Waals surface area contributed by atoms with Crippen molar-refractivity contribution in [3.05, 3.63) is 53.2 Å². The molecule has 0 N–H and O–H groups in total. The first-order valence-electron chi connectivity index (χ1n) is 10.3. The number of ether oxygens (including phenoxy) is 1. The van der Waals surface area contributed by atoms with E-state index in [1.54, 1.807) is 12.1 Å². The molecule has 10 heteroatoms. The maximum absolute atomic E-state index is 13.6. The molecule has 4 rings (SSSR count). The van der Waals surface area contributed by atoms with Crippen LogP contribution < -0.4 is 9.64 Å². The van der Waals surface area contributed by atoms with Crippen LogP contribution in [0.15, 0.2) is 47.5 Å². The van der Waals surface area contributed by atoms with Crippen LogP contribution in [0.2, 0.25) is 5.02 Å². The molecule has 0 atom stereocenters. The van der Waals surface area contributed by atoms with Gasteiger partial charge in [-0.25, -0.2) is 21.2 Å². The van der Waals surface area contributed by atoms with Gasteiger partial charge in [0.1, 0.15) is 5.75 Å². The summed E-state index contributed by atoms with van der Waals surface area (Å²) in [6, 6.07) is 8.89. The molecular formula is C22H24ClF2N3O3S. The van der Waals surface area contributed by atoms with Gasteiger partial charge >= 0.3 is 0 Å². The lowest BCUT2D eigenvalue weighted by Gasteiger charge is -2.35. The van der Waals surface area contributed by atoms with Crippen molar-refractivity contribution in [3.63, 3.8) is 0 Å². The van der Waals surface area contributed by atoms with Crippen LogP contribution in [0.4, 0.5) is 14.5 Å². The van der Waals surface area contributed by atoms with Gasteiger partial charge in [-0.1, -0.05) is 17.7 Å². The zero-order chi connectivity index (χ0) is 23.0. The molecule has 1 aliphatic heterocycles. The van der Waals surface area contributed by atoms with Gasteiger partial charge in [0, 0.05) is 48.3 Å². The minimum Gasteiger partial charge on any atom is -0.492 e. The third-order valence-electron chi connectivity index (χ3n) is 5.63. The lowest BCUT2D eigenvalue weighted by Crippen LogP contribution is -2.44. The Kier molecular flexibility index (Phi) is 6.33. The fourth-order valence-corrected chi connectivity index (χ4v) is 5.47. The Bertz CT molecular complexity index is 1240. The molecule has 1 aromatic heterocycles. The molecule has 1 fully saturated rings. The van der Waals surface area contributed by atoms with Crippen molar-refractivity contribution < 1.29 is 21.9 Å². The summed E-state index contributed by atoms with van der Waals surface area (Å²) < 4.78 is 61.0. The Morgan fingerprint density at radius 2 is 1.81 bits per heavy atom. The van der Waals surface area contributed by atoms with E-state index in [9.17, 15) is 17.2 Å². The van der Waals surface area contributed by atoms with Gasteiger partial charge in [-0.2, -0.15) is 0 Å². The summed E-state index contributed by atoms with van der Waals surface area (Å²) in [4.78, 5) is 4.27. The number of benzene rings is 2. The molecule has 1 aliphatic rings. The van der Waals surface area contributed by atoms with E-state index in [2.05, 4.69) is 9.80 Å². The molecule has 0 spiro atoms. The van der Waals surface area contributed by atoms with Crippen molar-refractivity contribution in [1.82, 2.24) is 8.87 Å². The van der Waals surface area contributed by atoms with Gasteiger partial charge in [0.05, 0.1) is 22.7 Å². The third kappa shape index (κ3) is 4.16. The number of aromatic nitrogens is 1. The quantitative estimate of drug-likeness (QED) is 0.512. The summed E-state index contributed by atoms with van der Waals surface area (Å²) in [5.74, 6) is 0.588. The minimum atomic E-state index is -4.17. The maximum atomic E-state index is 13.6. The summed E-state index contributed by atoms with van der Waals surface area (Å²) in [5.41, 5.74) is 0.429. The molecule has 2 heterocycles. The molecule has 3 aromatic rings. The van der Waals surface area contributed by atoms with Crippen molar-refractivity contribution in [2.45, 2.75) is 18.2 Å². The highest BCUT2D eigenvalue weighted by Gasteiger charge is 2.27. The Morgan fingerprint density at radius 3 is 2.47 bits per heavy atom. The molecule has 1 saturated heterocycles. The summed E-state index contributed by atoms with van der Waals surface area (Å²) >= 11 is 6.05. The van der Waals surface area contributed by atoms with Crippen LogP contribution in [0.5, 0.6) is 5.75 Å². The smallest absolute Gasteiger partial charge is 0.268 e. The van der Waals surface area contributed by atoms with E-state index in [4.69, 9.17) is 16.3 Å². The third-order valence-corrected chi connectivity index (χ3v) is 7.54. The highest BCUT2D eigenvalue weighted by Crippen LogP contribution is 2.36. The van der Waals surface area contributed by atoms with Crippen LogP contribution in [0.3, 0.4) is 0 Å². The summed E-state index contributed by atoms with van der Waals surface area (Å²) in [6.45, 7) is 5.41. The number of hydrogen-bond acceptors (Lipinski definition) is 5. The van der Waals surface area contributed by atoms with Gasteiger partial charge in [-0.15, -0.1) is 0 Å². The number of rotatable bonds is 6. The number of hydrogen-bond donors (Lipinski definition) is 0. The average molecular weight is 484 g/mol. The van der Waals surface area contributed by atoms with Gasteiger partial charge in [0.25, 0.3) is 16.4 Å². The highest BCUT2D eigenvalue weighted by atomic mass is 35.5. The molecule has 0 radical (unpaired) electrons. The Labute approximate surface area is 191 Å². The Balaban J connectivity index is 1.84. The van der Waals surface area contributed by atoms with Crippen molar-refractivity contribution in [2.24, 2.45) is 0 Å². The Hall–Kier alpha value is -2.36. The largest absolute Gasteiger partial charge is 0.492 e. The van der Waals surface area contributed by atoms with Crippen molar-refractivity contribution in [3.8, 4) is 5.75 Å². The average Bonchev–Trinajstić information content (AvgIpc) is 3.14. The number of anilines is 1. The first-order valence-corrected chi connectivity index (χ1v) is 12.1. The second-order valence-corrected chi connectivity index (χ2v) is 9.95. The number of halogens is 3. The molecule has 0 saturated carbocycles. The van der Waals surface area contributed by atoms with Crippen molar-refractivity contribution in [2.75, 3.05) is 44.7 Å². The van der Waals surface area contributed by atoms with E-state index in [0.717, 1.165) is 36.3 Å². The molecule has 0 bridgehead atoms. The van der Waals surface area contributed by atoms with Crippen LogP contribution in [0.25, 0.3) is 10.9 Å². The summed E-state index contributed by atoms with van der Waals surface area (Å²) in [5, 5.41) is 0.413. The molecule has 0 unspecified atom stereocenters. The van der Waals surface area contributed by atoms with Gasteiger partial charge in [0.2, 0.25) is 0 Å². The van der Waals surface area contributed by atoms with Crippen LogP contribution in [0, 0.1) is 0 Å². The zero-order valence-electron chi connectivity index (χ0n) is 17.8. The van der Waals surface area contributed by atoms with Gasteiger partial charge < -0.3 is 14.5 Å². The van der Waals surface area contributed by atoms with Crippen molar-refractivity contribution in [1.29, 1.82) is 0 Å². The molecular weight excluding hydrogens is 460 g/mol. The van der Waals surface area contributed by atoms with E-state index in [1.807, 2.05) is 14.0 Å². The van der Waals surface area contributed by atoms with Crippen LogP contribution in [0.1, 0.15) is 18.9 Å². The number of nitrogens with zero attached hydrogens (tertiary/aromatic N) is 3. The van der Waals surface area contributed by atoms with E-state index in [-0.39, 0.29) is 26.4 Å². The van der Waals surface area contributed by atoms with E-state index < -0.39 is 16.4 Å². The van der Waals surface area contributed by atoms with Gasteiger partial charge in [-0.05, 0) is 44.3 Å². The number of fused-ring (bicyclic) bond motifs is 1. The van der Waals surface area contributed by atoms with Crippen molar-refractivity contribution >= 4 is 38.2 Å². The minimum absolute atomic E-state index is 0.00688. The lowest BCUT2D eigenvalue weighted by molar-refractivity contribution is 0.153. The number of piperazine rings is 1. The van der Waals surface area contributed by atoms with E-state index >= 15 is 0 Å². The normalized spacial score (nSPS) is 15.6. The molecule has 2 aromatic carbocycles. The van der Waals surface area contributed by atoms with Crippen LogP contribution >= 0.6 is 11.6 Å². The second-order valence-electron chi connectivity index (χ2n) is 7.70. The monoisotopic (exact) mass is 483 g/mol. The summed E-state index contributed by atoms with van der Waals surface area (Å²) in [6.07, 6.45) is -1.84. The fourth-order valence-electron chi connectivity index (χ4n) is 3.91. The zero-order valence-corrected chi connectivity index (χ0v) is 19.3. The molecule has 0 amide bonds. The van der Waals surface area contributed by atoms with Crippen LogP contribution in [-0.4, -0.2) is 57.1 Å². The van der Waals surface area contributed by atoms with Crippen LogP contribution in [-0.2, 0) is 10.0 Å². The van der Waals surface area contributed by atoms with E-state index in [1.165, 1.54) is 24.3 Å². The number of alkyl halides is 2. The van der Waals surface area contributed by atoms with Gasteiger partial charge in [-0.3, -0.25) is 0 Å². The Morgan fingerprint density at radius 1 is 1.09 bits per heavy atom. The standard InChI is InChI=1S/C22H24ClF2N3O3S/c1-3-31-21-7-5-16(13-20(21)27-10-8-26(2)9-11-27)32(29,30)28-14-18(22(24)25)17-6-4-15(23)12-19(17)28/h4-7,12-14,22H,3,8-11H2,1-2H3. The predicted octanol–water partition coefficient (Wildman–Crippen LogP) is 4.62. The number of likely N-dealkylation sites (N-methyl/N-ethyl adjacent to an activating group) is 1. The molecule has 6 nitrogen and oxygen atoms in total. The van der Waals surface area contributed by atoms with E-state index in [0.29, 0.717) is 18.0 Å². The molecule has 32 heavy (non-hydrogen) atoms. The highest BCUT2D eigenvalue weighted by molar-refractivity contribution is 7.90. The SMILES string of the molecule is CCOc1ccc(S(=O)(=O)n2cc(C(F)F)c3ccc(Cl)cc32)cc1N1CCN(C)CC1. The van der Waals surface area contributed by atoms with Gasteiger partial charge in [0.15, 0.2) is 0 Å². The lowest BCUT2D eigenvalue weighted by atomic mass is 10.2. The maximum Gasteiger partial charge on any atom is 0.268 e. The second kappa shape index (κ2) is 8.88. The fraction of sp³-hybridized carbons (Fsp3) is 0.364. The topological polar surface area (TPSA) is 54.8 Å². The molecule has 0 aliphatic carbocycles.